The molecule has 1 aromatic heterocycles. The maximum atomic E-state index is 14.2. The van der Waals surface area contributed by atoms with Crippen molar-refractivity contribution < 1.29 is 36.6 Å². The monoisotopic (exact) mass is 540 g/mol. The average Bonchev–Trinajstić information content (AvgIpc) is 3.58. The largest absolute Gasteiger partial charge is 0.481 e. The number of halogens is 2. The Kier molecular flexibility index (Phi) is 7.38. The Balaban J connectivity index is 1.58. The summed E-state index contributed by atoms with van der Waals surface area (Å²) in [5.74, 6) is -4.18. The van der Waals surface area contributed by atoms with Crippen molar-refractivity contribution in [3.8, 4) is 5.75 Å². The molecule has 1 amide bonds. The number of carboxylic acid groups (broad SMARTS) is 1. The molecule has 1 aliphatic carbocycles. The summed E-state index contributed by atoms with van der Waals surface area (Å²) in [6.45, 7) is 0. The number of nitrogens with one attached hydrogen (secondary N) is 1. The number of thioether (sulfide) groups is 1. The fraction of sp³-hybridized carbons (Fsp3) is 0.227. The molecule has 2 N–H and O–H groups in total. The lowest BCUT2D eigenvalue weighted by atomic mass is 10.1. The number of aliphatic carboxylic acids is 1. The first-order chi connectivity index (χ1) is 16.6. The smallest absolute Gasteiger partial charge is 0.313 e. The second-order valence-electron chi connectivity index (χ2n) is 7.55. The van der Waals surface area contributed by atoms with Crippen LogP contribution in [-0.2, 0) is 19.4 Å². The molecule has 1 fully saturated rings. The first-order valence-electron chi connectivity index (χ1n) is 10.2. The topological polar surface area (TPSA) is 123 Å². The van der Waals surface area contributed by atoms with Crippen LogP contribution in [0.25, 0.3) is 0 Å². The number of ether oxygens (including phenoxy) is 1. The second kappa shape index (κ2) is 10.3. The number of carbonyl (C=O) groups excluding carboxylic acids is 1. The Labute approximate surface area is 207 Å². The van der Waals surface area contributed by atoms with Crippen LogP contribution in [0.2, 0.25) is 0 Å². The van der Waals surface area contributed by atoms with Crippen LogP contribution in [0.5, 0.6) is 5.75 Å². The van der Waals surface area contributed by atoms with Crippen molar-refractivity contribution in [2.45, 2.75) is 34.1 Å². The van der Waals surface area contributed by atoms with Gasteiger partial charge in [0.1, 0.15) is 10.8 Å². The molecule has 1 unspecified atom stereocenters. The summed E-state index contributed by atoms with van der Waals surface area (Å²) >= 11 is 2.03. The molecule has 13 heteroatoms. The van der Waals surface area contributed by atoms with Crippen molar-refractivity contribution in [2.24, 2.45) is 0 Å². The highest BCUT2D eigenvalue weighted by Gasteiger charge is 2.37. The molecule has 0 spiro atoms. The molecular weight excluding hydrogens is 522 g/mol. The molecule has 1 aliphatic rings. The van der Waals surface area contributed by atoms with Gasteiger partial charge in [-0.25, -0.2) is 22.2 Å². The summed E-state index contributed by atoms with van der Waals surface area (Å²) < 4.78 is 58.1. The predicted octanol–water partition coefficient (Wildman–Crippen LogP) is 4.29. The molecule has 8 nitrogen and oxygen atoms in total. The first kappa shape index (κ1) is 25.1. The van der Waals surface area contributed by atoms with Crippen LogP contribution < -0.4 is 10.1 Å². The minimum Gasteiger partial charge on any atom is -0.481 e. The zero-order valence-electron chi connectivity index (χ0n) is 17.8. The maximum absolute atomic E-state index is 14.2. The Morgan fingerprint density at radius 2 is 1.91 bits per heavy atom. The SMILES string of the molecule is O=C(O)CSc1csc(NC(=O)C(Oc2ccc(F)cc2F)c2ccc(S(=O)(=O)C3CC3)cc2)n1. The van der Waals surface area contributed by atoms with Crippen molar-refractivity contribution in [1.82, 2.24) is 4.98 Å². The van der Waals surface area contributed by atoms with Gasteiger partial charge in [-0.1, -0.05) is 23.9 Å². The van der Waals surface area contributed by atoms with E-state index < -0.39 is 44.7 Å². The molecule has 0 saturated heterocycles. The third kappa shape index (κ3) is 6.16. The van der Waals surface area contributed by atoms with E-state index in [0.29, 0.717) is 23.9 Å². The van der Waals surface area contributed by atoms with Crippen LogP contribution >= 0.6 is 23.1 Å². The molecule has 0 bridgehead atoms. The minimum absolute atomic E-state index is 0.107. The van der Waals surface area contributed by atoms with Gasteiger partial charge in [-0.05, 0) is 37.1 Å². The Bertz CT molecular complexity index is 1360. The summed E-state index contributed by atoms with van der Waals surface area (Å²) in [6.07, 6.45) is -0.225. The molecule has 1 heterocycles. The Hall–Kier alpha value is -3.03. The number of rotatable bonds is 10. The lowest BCUT2D eigenvalue weighted by Gasteiger charge is -2.19. The summed E-state index contributed by atoms with van der Waals surface area (Å²) in [5.41, 5.74) is 0.234. The van der Waals surface area contributed by atoms with Gasteiger partial charge in [-0.3, -0.25) is 14.9 Å². The summed E-state index contributed by atoms with van der Waals surface area (Å²) in [5, 5.41) is 13.0. The first-order valence-corrected chi connectivity index (χ1v) is 13.6. The van der Waals surface area contributed by atoms with E-state index in [0.717, 1.165) is 35.2 Å². The van der Waals surface area contributed by atoms with Crippen LogP contribution in [0.4, 0.5) is 13.9 Å². The fourth-order valence-electron chi connectivity index (χ4n) is 3.06. The van der Waals surface area contributed by atoms with Crippen LogP contribution in [0.15, 0.2) is 57.8 Å². The zero-order chi connectivity index (χ0) is 25.2. The number of hydrogen-bond donors (Lipinski definition) is 2. The highest BCUT2D eigenvalue weighted by molar-refractivity contribution is 8.00. The highest BCUT2D eigenvalue weighted by atomic mass is 32.2. The number of sulfone groups is 1. The van der Waals surface area contributed by atoms with Gasteiger partial charge < -0.3 is 9.84 Å². The third-order valence-electron chi connectivity index (χ3n) is 4.91. The van der Waals surface area contributed by atoms with Gasteiger partial charge in [0.25, 0.3) is 5.91 Å². The second-order valence-corrected chi connectivity index (χ2v) is 11.6. The van der Waals surface area contributed by atoms with Crippen molar-refractivity contribution in [3.05, 3.63) is 65.0 Å². The minimum atomic E-state index is -3.45. The van der Waals surface area contributed by atoms with Gasteiger partial charge in [0.2, 0.25) is 6.10 Å². The van der Waals surface area contributed by atoms with E-state index in [1.54, 1.807) is 5.38 Å². The van der Waals surface area contributed by atoms with Crippen LogP contribution in [0.3, 0.4) is 0 Å². The number of thiazole rings is 1. The van der Waals surface area contributed by atoms with Gasteiger partial charge in [0.05, 0.1) is 15.9 Å². The number of anilines is 1. The van der Waals surface area contributed by atoms with Crippen molar-refractivity contribution in [1.29, 1.82) is 0 Å². The van der Waals surface area contributed by atoms with E-state index in [9.17, 15) is 26.8 Å². The highest BCUT2D eigenvalue weighted by Crippen LogP contribution is 2.34. The van der Waals surface area contributed by atoms with E-state index in [1.165, 1.54) is 24.3 Å². The molecule has 0 aliphatic heterocycles. The molecule has 35 heavy (non-hydrogen) atoms. The average molecular weight is 541 g/mol. The van der Waals surface area contributed by atoms with Gasteiger partial charge >= 0.3 is 5.97 Å². The lowest BCUT2D eigenvalue weighted by Crippen LogP contribution is -2.26. The summed E-state index contributed by atoms with van der Waals surface area (Å²) in [7, 11) is -3.45. The van der Waals surface area contributed by atoms with Gasteiger partial charge in [0, 0.05) is 17.0 Å². The number of carboxylic acids is 1. The molecule has 1 atom stereocenters. The molecule has 2 aromatic carbocycles. The van der Waals surface area contributed by atoms with Gasteiger partial charge in [-0.15, -0.1) is 11.3 Å². The number of hydrogen-bond acceptors (Lipinski definition) is 8. The number of aromatic nitrogens is 1. The van der Waals surface area contributed by atoms with Crippen LogP contribution in [0.1, 0.15) is 24.5 Å². The zero-order valence-corrected chi connectivity index (χ0v) is 20.3. The number of nitrogens with zero attached hydrogens (tertiary/aromatic N) is 1. The van der Waals surface area contributed by atoms with Crippen LogP contribution in [-0.4, -0.2) is 41.4 Å². The van der Waals surface area contributed by atoms with Crippen molar-refractivity contribution in [3.63, 3.8) is 0 Å². The predicted molar refractivity (Wildman–Crippen MR) is 125 cm³/mol. The Morgan fingerprint density at radius 3 is 2.54 bits per heavy atom. The van der Waals surface area contributed by atoms with E-state index in [4.69, 9.17) is 9.84 Å². The molecule has 184 valence electrons. The van der Waals surface area contributed by atoms with Gasteiger partial charge in [-0.2, -0.15) is 0 Å². The standard InChI is InChI=1S/C22H18F2N2O6S3/c23-13-3-8-17(16(24)9-13)32-20(12-1-4-14(5-2-12)35(30,31)15-6-7-15)21(29)26-22-25-18(10-34-22)33-11-19(27)28/h1-5,8-10,15,20H,6-7,11H2,(H,27,28)(H,25,26,29). The van der Waals surface area contributed by atoms with E-state index >= 15 is 0 Å². The van der Waals surface area contributed by atoms with E-state index in [2.05, 4.69) is 10.3 Å². The Morgan fingerprint density at radius 1 is 1.20 bits per heavy atom. The molecule has 4 rings (SSSR count). The summed E-state index contributed by atoms with van der Waals surface area (Å²) in [4.78, 5) is 28.1. The summed E-state index contributed by atoms with van der Waals surface area (Å²) in [6, 6.07) is 8.15. The number of amides is 1. The van der Waals surface area contributed by atoms with Gasteiger partial charge in [0.15, 0.2) is 26.5 Å². The molecule has 0 radical (unpaired) electrons. The maximum Gasteiger partial charge on any atom is 0.313 e. The number of carbonyl (C=O) groups is 2. The molecule has 1 saturated carbocycles. The third-order valence-corrected chi connectivity index (χ3v) is 8.99. The number of benzene rings is 2. The molecule has 3 aromatic rings. The van der Waals surface area contributed by atoms with E-state index in [-0.39, 0.29) is 27.1 Å². The van der Waals surface area contributed by atoms with Crippen LogP contribution in [0, 0.1) is 11.6 Å². The normalized spacial score (nSPS) is 14.3. The lowest BCUT2D eigenvalue weighted by molar-refractivity contribution is -0.134. The molecular formula is C22H18F2N2O6S3. The quantitative estimate of drug-likeness (QED) is 0.365. The van der Waals surface area contributed by atoms with Crippen molar-refractivity contribution >= 4 is 49.9 Å². The fourth-order valence-corrected chi connectivity index (χ4v) is 6.20. The van der Waals surface area contributed by atoms with Crippen molar-refractivity contribution in [2.75, 3.05) is 11.1 Å². The van der Waals surface area contributed by atoms with E-state index in [1.807, 2.05) is 0 Å².